The van der Waals surface area contributed by atoms with Gasteiger partial charge in [0.2, 0.25) is 0 Å². The summed E-state index contributed by atoms with van der Waals surface area (Å²) >= 11 is 1.71. The summed E-state index contributed by atoms with van der Waals surface area (Å²) in [6, 6.07) is 14.4. The van der Waals surface area contributed by atoms with Crippen LogP contribution in [0.15, 0.2) is 47.8 Å². The van der Waals surface area contributed by atoms with Crippen molar-refractivity contribution in [3.8, 4) is 0 Å². The third-order valence-electron chi connectivity index (χ3n) is 2.49. The first-order valence-electron chi connectivity index (χ1n) is 5.08. The molecule has 1 aromatic carbocycles. The molecule has 0 aliphatic carbocycles. The molecule has 0 radical (unpaired) electrons. The van der Waals surface area contributed by atoms with Crippen LogP contribution in [0.2, 0.25) is 0 Å². The van der Waals surface area contributed by atoms with Crippen LogP contribution in [0.5, 0.6) is 0 Å². The van der Waals surface area contributed by atoms with Crippen LogP contribution in [0, 0.1) is 0 Å². The van der Waals surface area contributed by atoms with Crippen LogP contribution in [-0.4, -0.2) is 11.7 Å². The molecule has 0 aliphatic rings. The highest BCUT2D eigenvalue weighted by molar-refractivity contribution is 7.10. The summed E-state index contributed by atoms with van der Waals surface area (Å²) in [6.45, 7) is 0.218. The number of benzene rings is 1. The second-order valence-corrected chi connectivity index (χ2v) is 4.56. The minimum Gasteiger partial charge on any atom is -0.396 e. The van der Waals surface area contributed by atoms with Gasteiger partial charge in [0.25, 0.3) is 0 Å². The molecule has 1 heterocycles. The second-order valence-electron chi connectivity index (χ2n) is 3.58. The number of hydrogen-bond acceptors (Lipinski definition) is 2. The van der Waals surface area contributed by atoms with Gasteiger partial charge in [-0.25, -0.2) is 0 Å². The highest BCUT2D eigenvalue weighted by Crippen LogP contribution is 2.24. The molecule has 2 aromatic rings. The molecule has 1 nitrogen and oxygen atoms in total. The Kier molecular flexibility index (Phi) is 3.54. The van der Waals surface area contributed by atoms with Gasteiger partial charge in [-0.15, -0.1) is 11.3 Å². The van der Waals surface area contributed by atoms with Crippen LogP contribution in [0.25, 0.3) is 0 Å². The highest BCUT2D eigenvalue weighted by Gasteiger charge is 2.11. The van der Waals surface area contributed by atoms with Crippen molar-refractivity contribution in [1.82, 2.24) is 0 Å². The Morgan fingerprint density at radius 1 is 1.07 bits per heavy atom. The van der Waals surface area contributed by atoms with E-state index >= 15 is 0 Å². The second kappa shape index (κ2) is 5.10. The van der Waals surface area contributed by atoms with Gasteiger partial charge in [0.15, 0.2) is 0 Å². The molecule has 0 aliphatic heterocycles. The standard InChI is InChI=1S/C13H14OS/c14-10-12(13-7-4-8-15-13)9-11-5-2-1-3-6-11/h1-8,12,14H,9-10H2/t12-/m1/s1. The molecule has 1 aromatic heterocycles. The molecule has 1 atom stereocenters. The van der Waals surface area contributed by atoms with E-state index in [1.807, 2.05) is 24.3 Å². The van der Waals surface area contributed by atoms with E-state index in [0.717, 1.165) is 6.42 Å². The lowest BCUT2D eigenvalue weighted by Crippen LogP contribution is -2.05. The van der Waals surface area contributed by atoms with E-state index in [1.165, 1.54) is 10.4 Å². The van der Waals surface area contributed by atoms with Gasteiger partial charge in [-0.2, -0.15) is 0 Å². The van der Waals surface area contributed by atoms with Gasteiger partial charge in [0.1, 0.15) is 0 Å². The minimum atomic E-state index is 0.218. The van der Waals surface area contributed by atoms with E-state index in [4.69, 9.17) is 0 Å². The van der Waals surface area contributed by atoms with Gasteiger partial charge in [0, 0.05) is 10.8 Å². The first-order valence-corrected chi connectivity index (χ1v) is 5.96. The van der Waals surface area contributed by atoms with Crippen LogP contribution in [-0.2, 0) is 6.42 Å². The largest absolute Gasteiger partial charge is 0.396 e. The first kappa shape index (κ1) is 10.4. The van der Waals surface area contributed by atoms with Crippen molar-refractivity contribution < 1.29 is 5.11 Å². The Bertz CT molecular complexity index is 380. The summed E-state index contributed by atoms with van der Waals surface area (Å²) in [7, 11) is 0. The third-order valence-corrected chi connectivity index (χ3v) is 3.53. The Morgan fingerprint density at radius 3 is 2.47 bits per heavy atom. The molecule has 0 unspecified atom stereocenters. The monoisotopic (exact) mass is 218 g/mol. The zero-order chi connectivity index (χ0) is 10.5. The van der Waals surface area contributed by atoms with Crippen LogP contribution in [0.3, 0.4) is 0 Å². The Morgan fingerprint density at radius 2 is 1.87 bits per heavy atom. The molecule has 2 heteroatoms. The van der Waals surface area contributed by atoms with E-state index in [1.54, 1.807) is 11.3 Å². The quantitative estimate of drug-likeness (QED) is 0.836. The molecule has 1 N–H and O–H groups in total. The third kappa shape index (κ3) is 2.67. The molecular formula is C13H14OS. The number of hydrogen-bond donors (Lipinski definition) is 1. The van der Waals surface area contributed by atoms with Crippen molar-refractivity contribution in [3.05, 3.63) is 58.3 Å². The van der Waals surface area contributed by atoms with Gasteiger partial charge in [0.05, 0.1) is 6.61 Å². The average molecular weight is 218 g/mol. The first-order chi connectivity index (χ1) is 7.40. The van der Waals surface area contributed by atoms with Crippen LogP contribution in [0.1, 0.15) is 16.4 Å². The molecule has 0 fully saturated rings. The van der Waals surface area contributed by atoms with Crippen molar-refractivity contribution in [3.63, 3.8) is 0 Å². The van der Waals surface area contributed by atoms with Crippen LogP contribution < -0.4 is 0 Å². The molecule has 0 bridgehead atoms. The van der Waals surface area contributed by atoms with E-state index in [2.05, 4.69) is 23.6 Å². The molecule has 15 heavy (non-hydrogen) atoms. The number of aliphatic hydroxyl groups is 1. The lowest BCUT2D eigenvalue weighted by atomic mass is 9.99. The summed E-state index contributed by atoms with van der Waals surface area (Å²) in [5.41, 5.74) is 1.28. The highest BCUT2D eigenvalue weighted by atomic mass is 32.1. The summed E-state index contributed by atoms with van der Waals surface area (Å²) in [5.74, 6) is 0.243. The lowest BCUT2D eigenvalue weighted by molar-refractivity contribution is 0.266. The predicted octanol–water partition coefficient (Wildman–Crippen LogP) is 3.07. The summed E-state index contributed by atoms with van der Waals surface area (Å²) in [4.78, 5) is 1.27. The van der Waals surface area contributed by atoms with E-state index < -0.39 is 0 Å². The van der Waals surface area contributed by atoms with Crippen molar-refractivity contribution in [2.45, 2.75) is 12.3 Å². The van der Waals surface area contributed by atoms with Crippen LogP contribution >= 0.6 is 11.3 Å². The molecule has 0 saturated heterocycles. The number of rotatable bonds is 4. The van der Waals surface area contributed by atoms with Gasteiger partial charge in [-0.3, -0.25) is 0 Å². The van der Waals surface area contributed by atoms with E-state index in [9.17, 15) is 5.11 Å². The molecule has 0 saturated carbocycles. The predicted molar refractivity (Wildman–Crippen MR) is 64.3 cm³/mol. The van der Waals surface area contributed by atoms with Gasteiger partial charge in [-0.1, -0.05) is 36.4 Å². The normalized spacial score (nSPS) is 12.6. The zero-order valence-corrected chi connectivity index (χ0v) is 9.28. The summed E-state index contributed by atoms with van der Waals surface area (Å²) in [6.07, 6.45) is 0.915. The molecule has 2 rings (SSSR count). The Hall–Kier alpha value is -1.12. The topological polar surface area (TPSA) is 20.2 Å². The molecule has 0 amide bonds. The van der Waals surface area contributed by atoms with Crippen LogP contribution in [0.4, 0.5) is 0 Å². The Balaban J connectivity index is 2.10. The maximum absolute atomic E-state index is 9.37. The van der Waals surface area contributed by atoms with Gasteiger partial charge in [-0.05, 0) is 23.4 Å². The van der Waals surface area contributed by atoms with Crippen molar-refractivity contribution in [1.29, 1.82) is 0 Å². The van der Waals surface area contributed by atoms with E-state index in [-0.39, 0.29) is 12.5 Å². The fourth-order valence-electron chi connectivity index (χ4n) is 1.68. The summed E-state index contributed by atoms with van der Waals surface area (Å²) in [5, 5.41) is 11.4. The van der Waals surface area contributed by atoms with Gasteiger partial charge >= 0.3 is 0 Å². The Labute approximate surface area is 94.0 Å². The molecular weight excluding hydrogens is 204 g/mol. The van der Waals surface area contributed by atoms with E-state index in [0.29, 0.717) is 0 Å². The fourth-order valence-corrected chi connectivity index (χ4v) is 2.50. The fraction of sp³-hybridized carbons (Fsp3) is 0.231. The molecule has 78 valence electrons. The number of thiophene rings is 1. The SMILES string of the molecule is OC[C@@H](Cc1ccccc1)c1cccs1. The summed E-state index contributed by atoms with van der Waals surface area (Å²) < 4.78 is 0. The smallest absolute Gasteiger partial charge is 0.0510 e. The van der Waals surface area contributed by atoms with Crippen molar-refractivity contribution in [2.75, 3.05) is 6.61 Å². The maximum atomic E-state index is 9.37. The molecule has 0 spiro atoms. The maximum Gasteiger partial charge on any atom is 0.0510 e. The number of aliphatic hydroxyl groups excluding tert-OH is 1. The van der Waals surface area contributed by atoms with Crippen molar-refractivity contribution >= 4 is 11.3 Å². The average Bonchev–Trinajstić information content (AvgIpc) is 2.81. The van der Waals surface area contributed by atoms with Crippen molar-refractivity contribution in [2.24, 2.45) is 0 Å². The lowest BCUT2D eigenvalue weighted by Gasteiger charge is -2.11. The van der Waals surface area contributed by atoms with Gasteiger partial charge < -0.3 is 5.11 Å². The zero-order valence-electron chi connectivity index (χ0n) is 8.47. The minimum absolute atomic E-state index is 0.218.